The fourth-order valence-electron chi connectivity index (χ4n) is 3.48. The molecule has 1 aliphatic heterocycles. The highest BCUT2D eigenvalue weighted by molar-refractivity contribution is 5.93. The first-order chi connectivity index (χ1) is 13.2. The zero-order valence-corrected chi connectivity index (χ0v) is 16.4. The molecule has 3 rings (SSSR count). The first-order valence-electron chi connectivity index (χ1n) is 10.4. The lowest BCUT2D eigenvalue weighted by Gasteiger charge is -2.22. The van der Waals surface area contributed by atoms with Crippen LogP contribution in [0.3, 0.4) is 0 Å². The van der Waals surface area contributed by atoms with Crippen LogP contribution in [0, 0.1) is 0 Å². The molecule has 1 amide bonds. The molecule has 1 aromatic carbocycles. The number of anilines is 1. The molecule has 2 N–H and O–H groups in total. The second kappa shape index (κ2) is 10.5. The number of hydrogen-bond donors (Lipinski definition) is 2. The third-order valence-electron chi connectivity index (χ3n) is 5.00. The predicted octanol–water partition coefficient (Wildman–Crippen LogP) is 5.16. The van der Waals surface area contributed by atoms with Crippen molar-refractivity contribution in [3.63, 3.8) is 0 Å². The Hall–Kier alpha value is -1.85. The Labute approximate surface area is 161 Å². The maximum absolute atomic E-state index is 12.0. The highest BCUT2D eigenvalue weighted by Crippen LogP contribution is 2.21. The molecule has 148 valence electrons. The van der Waals surface area contributed by atoms with Crippen molar-refractivity contribution in [2.45, 2.75) is 71.0 Å². The van der Waals surface area contributed by atoms with Gasteiger partial charge in [-0.05, 0) is 62.1 Å². The predicted molar refractivity (Wildman–Crippen MR) is 109 cm³/mol. The molecule has 2 heterocycles. The number of carbonyl (C=O) groups excluding carboxylic acids is 1. The van der Waals surface area contributed by atoms with Gasteiger partial charge in [-0.1, -0.05) is 25.8 Å². The van der Waals surface area contributed by atoms with Gasteiger partial charge in [0, 0.05) is 29.9 Å². The summed E-state index contributed by atoms with van der Waals surface area (Å²) in [6, 6.07) is 8.23. The number of fused-ring (bicyclic) bond motifs is 1. The van der Waals surface area contributed by atoms with Crippen molar-refractivity contribution < 1.29 is 14.3 Å². The lowest BCUT2D eigenvalue weighted by Crippen LogP contribution is -2.22. The average Bonchev–Trinajstić information content (AvgIpc) is 3.08. The SMILES string of the molecule is CCCCCC(=O)Nc1ccc2cc(CCCOC3CCCCO3)[nH]c2c1. The van der Waals surface area contributed by atoms with E-state index in [1.807, 2.05) is 12.1 Å². The van der Waals surface area contributed by atoms with Crippen molar-refractivity contribution in [3.05, 3.63) is 30.0 Å². The average molecular weight is 373 g/mol. The van der Waals surface area contributed by atoms with Crippen LogP contribution in [0.4, 0.5) is 5.69 Å². The Morgan fingerprint density at radius 3 is 3.00 bits per heavy atom. The van der Waals surface area contributed by atoms with Crippen molar-refractivity contribution in [2.24, 2.45) is 0 Å². The van der Waals surface area contributed by atoms with E-state index in [4.69, 9.17) is 9.47 Å². The number of amides is 1. The normalized spacial score (nSPS) is 17.3. The fourth-order valence-corrected chi connectivity index (χ4v) is 3.48. The Morgan fingerprint density at radius 1 is 1.26 bits per heavy atom. The molecule has 1 aliphatic rings. The Morgan fingerprint density at radius 2 is 2.19 bits per heavy atom. The van der Waals surface area contributed by atoms with Crippen LogP contribution in [-0.2, 0) is 20.7 Å². The van der Waals surface area contributed by atoms with Crippen molar-refractivity contribution >= 4 is 22.5 Å². The molecule has 0 radical (unpaired) electrons. The van der Waals surface area contributed by atoms with Gasteiger partial charge in [0.2, 0.25) is 5.91 Å². The molecule has 0 bridgehead atoms. The molecule has 0 aliphatic carbocycles. The molecule has 1 saturated heterocycles. The van der Waals surface area contributed by atoms with E-state index in [2.05, 4.69) is 29.4 Å². The first-order valence-corrected chi connectivity index (χ1v) is 10.4. The molecule has 1 aromatic heterocycles. The summed E-state index contributed by atoms with van der Waals surface area (Å²) in [4.78, 5) is 15.4. The molecule has 1 unspecified atom stereocenters. The fraction of sp³-hybridized carbons (Fsp3) is 0.591. The maximum atomic E-state index is 12.0. The van der Waals surface area contributed by atoms with Crippen molar-refractivity contribution in [3.8, 4) is 0 Å². The van der Waals surface area contributed by atoms with E-state index in [0.717, 1.165) is 69.4 Å². The number of H-pyrrole nitrogens is 1. The number of aromatic nitrogens is 1. The van der Waals surface area contributed by atoms with Crippen LogP contribution in [0.2, 0.25) is 0 Å². The van der Waals surface area contributed by atoms with E-state index in [1.165, 1.54) is 17.5 Å². The lowest BCUT2D eigenvalue weighted by molar-refractivity contribution is -0.162. The molecule has 1 fully saturated rings. The summed E-state index contributed by atoms with van der Waals surface area (Å²) in [7, 11) is 0. The van der Waals surface area contributed by atoms with Gasteiger partial charge in [-0.25, -0.2) is 0 Å². The molecular formula is C22H32N2O3. The summed E-state index contributed by atoms with van der Waals surface area (Å²) in [5.41, 5.74) is 3.12. The number of aromatic amines is 1. The van der Waals surface area contributed by atoms with Crippen molar-refractivity contribution in [2.75, 3.05) is 18.5 Å². The number of carbonyl (C=O) groups is 1. The van der Waals surface area contributed by atoms with Crippen LogP contribution in [0.5, 0.6) is 0 Å². The largest absolute Gasteiger partial charge is 0.358 e. The monoisotopic (exact) mass is 372 g/mol. The topological polar surface area (TPSA) is 63.4 Å². The standard InChI is InChI=1S/C22H32N2O3/c1-2-3-4-9-21(25)24-19-12-11-17-15-18(23-20(17)16-19)8-7-14-27-22-10-5-6-13-26-22/h11-12,15-16,22-23H,2-10,13-14H2,1H3,(H,24,25). The third-order valence-corrected chi connectivity index (χ3v) is 5.00. The van der Waals surface area contributed by atoms with Gasteiger partial charge in [0.1, 0.15) is 0 Å². The van der Waals surface area contributed by atoms with Gasteiger partial charge in [0.15, 0.2) is 6.29 Å². The van der Waals surface area contributed by atoms with Crippen LogP contribution in [-0.4, -0.2) is 30.4 Å². The second-order valence-corrected chi connectivity index (χ2v) is 7.37. The second-order valence-electron chi connectivity index (χ2n) is 7.37. The van der Waals surface area contributed by atoms with E-state index in [-0.39, 0.29) is 12.2 Å². The number of ether oxygens (including phenoxy) is 2. The minimum atomic E-state index is -0.00930. The summed E-state index contributed by atoms with van der Waals surface area (Å²) in [6.07, 6.45) is 9.03. The van der Waals surface area contributed by atoms with Gasteiger partial charge >= 0.3 is 0 Å². The van der Waals surface area contributed by atoms with Gasteiger partial charge < -0.3 is 19.8 Å². The molecule has 5 heteroatoms. The number of unbranched alkanes of at least 4 members (excludes halogenated alkanes) is 2. The number of rotatable bonds is 10. The first kappa shape index (κ1) is 19.9. The summed E-state index contributed by atoms with van der Waals surface area (Å²) in [6.45, 7) is 3.69. The lowest BCUT2D eigenvalue weighted by atomic mass is 10.2. The Balaban J connectivity index is 1.46. The van der Waals surface area contributed by atoms with E-state index < -0.39 is 0 Å². The molecule has 2 aromatic rings. The smallest absolute Gasteiger partial charge is 0.224 e. The molecule has 27 heavy (non-hydrogen) atoms. The quantitative estimate of drug-likeness (QED) is 0.566. The summed E-state index contributed by atoms with van der Waals surface area (Å²) in [5, 5.41) is 4.17. The maximum Gasteiger partial charge on any atom is 0.224 e. The minimum absolute atomic E-state index is 0.00930. The summed E-state index contributed by atoms with van der Waals surface area (Å²) >= 11 is 0. The molecular weight excluding hydrogens is 340 g/mol. The Bertz CT molecular complexity index is 719. The van der Waals surface area contributed by atoms with Gasteiger partial charge in [-0.15, -0.1) is 0 Å². The number of nitrogens with one attached hydrogen (secondary N) is 2. The van der Waals surface area contributed by atoms with Crippen LogP contribution >= 0.6 is 0 Å². The zero-order chi connectivity index (χ0) is 18.9. The molecule has 0 saturated carbocycles. The summed E-state index contributed by atoms with van der Waals surface area (Å²) in [5.74, 6) is 0.0941. The number of aryl methyl sites for hydroxylation is 1. The van der Waals surface area contributed by atoms with Crippen LogP contribution in [0.25, 0.3) is 10.9 Å². The van der Waals surface area contributed by atoms with Crippen molar-refractivity contribution in [1.29, 1.82) is 0 Å². The van der Waals surface area contributed by atoms with E-state index in [0.29, 0.717) is 6.42 Å². The highest BCUT2D eigenvalue weighted by Gasteiger charge is 2.13. The van der Waals surface area contributed by atoms with Crippen molar-refractivity contribution in [1.82, 2.24) is 4.98 Å². The number of benzene rings is 1. The summed E-state index contributed by atoms with van der Waals surface area (Å²) < 4.78 is 11.4. The van der Waals surface area contributed by atoms with Gasteiger partial charge in [-0.3, -0.25) is 4.79 Å². The van der Waals surface area contributed by atoms with Crippen LogP contribution < -0.4 is 5.32 Å². The number of hydrogen-bond acceptors (Lipinski definition) is 3. The zero-order valence-electron chi connectivity index (χ0n) is 16.4. The molecule has 1 atom stereocenters. The van der Waals surface area contributed by atoms with E-state index in [1.54, 1.807) is 0 Å². The minimum Gasteiger partial charge on any atom is -0.358 e. The Kier molecular flexibility index (Phi) is 7.72. The van der Waals surface area contributed by atoms with Gasteiger partial charge in [0.25, 0.3) is 0 Å². The highest BCUT2D eigenvalue weighted by atomic mass is 16.7. The van der Waals surface area contributed by atoms with Gasteiger partial charge in [-0.2, -0.15) is 0 Å². The van der Waals surface area contributed by atoms with Gasteiger partial charge in [0.05, 0.1) is 6.61 Å². The van der Waals surface area contributed by atoms with E-state index in [9.17, 15) is 4.79 Å². The third kappa shape index (κ3) is 6.36. The molecule has 0 spiro atoms. The van der Waals surface area contributed by atoms with Crippen LogP contribution in [0.15, 0.2) is 24.3 Å². The van der Waals surface area contributed by atoms with Crippen LogP contribution in [0.1, 0.15) is 64.0 Å². The molecule has 5 nitrogen and oxygen atoms in total. The van der Waals surface area contributed by atoms with E-state index >= 15 is 0 Å².